The molecular formula is C15H26N2O2. The predicted octanol–water partition coefficient (Wildman–Crippen LogP) is 2.08. The minimum Gasteiger partial charge on any atom is -0.343 e. The maximum absolute atomic E-state index is 12.5. The van der Waals surface area contributed by atoms with Crippen molar-refractivity contribution >= 4 is 11.8 Å². The Hall–Kier alpha value is -1.06. The average Bonchev–Trinajstić information content (AvgIpc) is 3.12. The number of hydrogen-bond donors (Lipinski definition) is 1. The van der Waals surface area contributed by atoms with Gasteiger partial charge in [-0.1, -0.05) is 26.7 Å². The smallest absolute Gasteiger partial charge is 0.245 e. The van der Waals surface area contributed by atoms with Crippen LogP contribution < -0.4 is 5.32 Å². The Labute approximate surface area is 115 Å². The summed E-state index contributed by atoms with van der Waals surface area (Å²) in [4.78, 5) is 26.3. The molecule has 4 nitrogen and oxygen atoms in total. The Bertz CT molecular complexity index is 363. The van der Waals surface area contributed by atoms with Gasteiger partial charge in [-0.3, -0.25) is 9.59 Å². The molecule has 108 valence electrons. The fraction of sp³-hybridized carbons (Fsp3) is 0.867. The molecule has 0 aromatic carbocycles. The van der Waals surface area contributed by atoms with Gasteiger partial charge in [-0.15, -0.1) is 0 Å². The molecule has 1 aliphatic heterocycles. The van der Waals surface area contributed by atoms with Gasteiger partial charge in [-0.2, -0.15) is 0 Å². The van der Waals surface area contributed by atoms with Gasteiger partial charge in [0.2, 0.25) is 11.8 Å². The third-order valence-corrected chi connectivity index (χ3v) is 4.57. The summed E-state index contributed by atoms with van der Waals surface area (Å²) >= 11 is 0. The molecule has 2 rings (SSSR count). The first-order valence-electron chi connectivity index (χ1n) is 7.64. The van der Waals surface area contributed by atoms with E-state index in [1.165, 1.54) is 19.3 Å². The van der Waals surface area contributed by atoms with Crippen molar-refractivity contribution in [3.05, 3.63) is 0 Å². The van der Waals surface area contributed by atoms with E-state index in [2.05, 4.69) is 12.2 Å². The van der Waals surface area contributed by atoms with Gasteiger partial charge >= 0.3 is 0 Å². The number of amides is 2. The van der Waals surface area contributed by atoms with Gasteiger partial charge in [0.1, 0.15) is 12.1 Å². The molecule has 0 spiro atoms. The maximum Gasteiger partial charge on any atom is 0.245 e. The Kier molecular flexibility index (Phi) is 4.16. The first kappa shape index (κ1) is 14.4. The van der Waals surface area contributed by atoms with E-state index in [9.17, 15) is 9.59 Å². The van der Waals surface area contributed by atoms with E-state index in [-0.39, 0.29) is 23.9 Å². The molecule has 1 aliphatic carbocycles. The third-order valence-electron chi connectivity index (χ3n) is 4.57. The molecule has 19 heavy (non-hydrogen) atoms. The van der Waals surface area contributed by atoms with E-state index >= 15 is 0 Å². The largest absolute Gasteiger partial charge is 0.343 e. The van der Waals surface area contributed by atoms with Gasteiger partial charge < -0.3 is 10.2 Å². The molecule has 1 saturated carbocycles. The molecule has 2 fully saturated rings. The van der Waals surface area contributed by atoms with Crippen molar-refractivity contribution in [3.63, 3.8) is 0 Å². The molecule has 1 N–H and O–H groups in total. The van der Waals surface area contributed by atoms with Gasteiger partial charge in [0.25, 0.3) is 0 Å². The molecule has 1 heterocycles. The van der Waals surface area contributed by atoms with E-state index in [0.717, 1.165) is 25.8 Å². The van der Waals surface area contributed by atoms with Crippen LogP contribution in [0.15, 0.2) is 0 Å². The Balaban J connectivity index is 2.07. The van der Waals surface area contributed by atoms with E-state index in [1.54, 1.807) is 0 Å². The van der Waals surface area contributed by atoms with Gasteiger partial charge in [-0.25, -0.2) is 0 Å². The van der Waals surface area contributed by atoms with Crippen LogP contribution in [0.25, 0.3) is 0 Å². The zero-order valence-electron chi connectivity index (χ0n) is 12.4. The van der Waals surface area contributed by atoms with Gasteiger partial charge in [-0.05, 0) is 38.0 Å². The summed E-state index contributed by atoms with van der Waals surface area (Å²) in [5.74, 6) is 0.127. The SMILES string of the molecule is CCCC1NC(=O)C(C)N(CC2(CCC)CC2)C1=O. The fourth-order valence-corrected chi connectivity index (χ4v) is 3.14. The topological polar surface area (TPSA) is 49.4 Å². The first-order valence-corrected chi connectivity index (χ1v) is 7.64. The minimum atomic E-state index is -0.310. The normalized spacial score (nSPS) is 29.3. The Morgan fingerprint density at radius 3 is 2.47 bits per heavy atom. The summed E-state index contributed by atoms with van der Waals surface area (Å²) in [6.07, 6.45) is 6.40. The van der Waals surface area contributed by atoms with E-state index in [0.29, 0.717) is 5.41 Å². The molecule has 0 aromatic rings. The number of piperazine rings is 1. The Morgan fingerprint density at radius 2 is 1.95 bits per heavy atom. The van der Waals surface area contributed by atoms with Crippen molar-refractivity contribution in [2.45, 2.75) is 71.4 Å². The van der Waals surface area contributed by atoms with Crippen LogP contribution in [0.4, 0.5) is 0 Å². The van der Waals surface area contributed by atoms with Gasteiger partial charge in [0.05, 0.1) is 0 Å². The van der Waals surface area contributed by atoms with Crippen molar-refractivity contribution in [2.75, 3.05) is 6.54 Å². The zero-order valence-corrected chi connectivity index (χ0v) is 12.4. The highest BCUT2D eigenvalue weighted by molar-refractivity contribution is 5.96. The molecule has 4 heteroatoms. The van der Waals surface area contributed by atoms with Crippen molar-refractivity contribution in [3.8, 4) is 0 Å². The molecule has 2 atom stereocenters. The van der Waals surface area contributed by atoms with E-state index in [4.69, 9.17) is 0 Å². The number of nitrogens with one attached hydrogen (secondary N) is 1. The van der Waals surface area contributed by atoms with Crippen LogP contribution >= 0.6 is 0 Å². The lowest BCUT2D eigenvalue weighted by molar-refractivity contribution is -0.149. The second-order valence-electron chi connectivity index (χ2n) is 6.24. The lowest BCUT2D eigenvalue weighted by atomic mass is 9.96. The summed E-state index contributed by atoms with van der Waals surface area (Å²) in [5.41, 5.74) is 0.313. The fourth-order valence-electron chi connectivity index (χ4n) is 3.14. The molecular weight excluding hydrogens is 240 g/mol. The molecule has 2 aliphatic rings. The molecule has 2 unspecified atom stereocenters. The van der Waals surface area contributed by atoms with E-state index in [1.807, 2.05) is 18.7 Å². The van der Waals surface area contributed by atoms with Crippen LogP contribution in [0.2, 0.25) is 0 Å². The first-order chi connectivity index (χ1) is 9.03. The van der Waals surface area contributed by atoms with Crippen LogP contribution in [-0.2, 0) is 9.59 Å². The molecule has 0 aromatic heterocycles. The number of carbonyl (C=O) groups excluding carboxylic acids is 2. The summed E-state index contributed by atoms with van der Waals surface area (Å²) in [6, 6.07) is -0.610. The molecule has 1 saturated heterocycles. The van der Waals surface area contributed by atoms with Crippen LogP contribution in [0, 0.1) is 5.41 Å². The third kappa shape index (κ3) is 2.93. The summed E-state index contributed by atoms with van der Waals surface area (Å²) in [5, 5.41) is 2.85. The predicted molar refractivity (Wildman–Crippen MR) is 74.6 cm³/mol. The highest BCUT2D eigenvalue weighted by atomic mass is 16.2. The highest BCUT2D eigenvalue weighted by Crippen LogP contribution is 2.50. The van der Waals surface area contributed by atoms with Crippen LogP contribution in [0.1, 0.15) is 59.3 Å². The van der Waals surface area contributed by atoms with Crippen LogP contribution in [-0.4, -0.2) is 35.3 Å². The van der Waals surface area contributed by atoms with Gasteiger partial charge in [0.15, 0.2) is 0 Å². The number of rotatable bonds is 6. The molecule has 0 radical (unpaired) electrons. The minimum absolute atomic E-state index is 0.00495. The van der Waals surface area contributed by atoms with Gasteiger partial charge in [0, 0.05) is 6.54 Å². The molecule has 0 bridgehead atoms. The van der Waals surface area contributed by atoms with Crippen molar-refractivity contribution in [2.24, 2.45) is 5.41 Å². The average molecular weight is 266 g/mol. The van der Waals surface area contributed by atoms with Crippen LogP contribution in [0.3, 0.4) is 0 Å². The second-order valence-corrected chi connectivity index (χ2v) is 6.24. The Morgan fingerprint density at radius 1 is 1.26 bits per heavy atom. The van der Waals surface area contributed by atoms with Crippen molar-refractivity contribution < 1.29 is 9.59 Å². The quantitative estimate of drug-likeness (QED) is 0.800. The second kappa shape index (κ2) is 5.51. The highest BCUT2D eigenvalue weighted by Gasteiger charge is 2.47. The van der Waals surface area contributed by atoms with Crippen LogP contribution in [0.5, 0.6) is 0 Å². The molecule has 2 amide bonds. The summed E-state index contributed by atoms with van der Waals surface area (Å²) in [7, 11) is 0. The van der Waals surface area contributed by atoms with Crippen molar-refractivity contribution in [1.29, 1.82) is 0 Å². The standard InChI is InChI=1S/C15H26N2O2/c1-4-6-12-14(19)17(11(3)13(18)16-12)10-15(7-5-2)8-9-15/h11-12H,4-10H2,1-3H3,(H,16,18). The lowest BCUT2D eigenvalue weighted by Gasteiger charge is -2.39. The maximum atomic E-state index is 12.5. The number of hydrogen-bond acceptors (Lipinski definition) is 2. The zero-order chi connectivity index (χ0) is 14.0. The van der Waals surface area contributed by atoms with Crippen molar-refractivity contribution in [1.82, 2.24) is 10.2 Å². The lowest BCUT2D eigenvalue weighted by Crippen LogP contribution is -2.63. The van der Waals surface area contributed by atoms with E-state index < -0.39 is 0 Å². The number of carbonyl (C=O) groups is 2. The summed E-state index contributed by atoms with van der Waals surface area (Å²) < 4.78 is 0. The monoisotopic (exact) mass is 266 g/mol. The number of nitrogens with zero attached hydrogens (tertiary/aromatic N) is 1. The summed E-state index contributed by atoms with van der Waals surface area (Å²) in [6.45, 7) is 6.85.